The van der Waals surface area contributed by atoms with E-state index in [0.717, 1.165) is 49.5 Å². The molecule has 0 atom stereocenters. The summed E-state index contributed by atoms with van der Waals surface area (Å²) in [5.41, 5.74) is 1.45. The molecule has 8 heteroatoms. The van der Waals surface area contributed by atoms with Crippen LogP contribution in [0.25, 0.3) is 10.2 Å². The quantitative estimate of drug-likeness (QED) is 0.531. The number of carbonyl (C=O) groups is 1. The van der Waals surface area contributed by atoms with Crippen LogP contribution in [-0.4, -0.2) is 69.4 Å². The van der Waals surface area contributed by atoms with Gasteiger partial charge in [0.25, 0.3) is 5.91 Å². The number of nitrogens with zero attached hydrogens (tertiary/aromatic N) is 3. The molecule has 1 aromatic heterocycles. The topological polar surface area (TPSA) is 64.1 Å². The van der Waals surface area contributed by atoms with E-state index in [4.69, 9.17) is 19.2 Å². The molecule has 0 saturated carbocycles. The van der Waals surface area contributed by atoms with Gasteiger partial charge in [0.2, 0.25) is 0 Å². The minimum Gasteiger partial charge on any atom is -0.493 e. The zero-order valence-electron chi connectivity index (χ0n) is 17.9. The van der Waals surface area contributed by atoms with Gasteiger partial charge in [-0.3, -0.25) is 14.6 Å². The lowest BCUT2D eigenvalue weighted by molar-refractivity contribution is 0.0376. The lowest BCUT2D eigenvalue weighted by atomic mass is 10.1. The Bertz CT molecular complexity index is 1000. The van der Waals surface area contributed by atoms with Crippen molar-refractivity contribution in [2.45, 2.75) is 6.42 Å². The third-order valence-electron chi connectivity index (χ3n) is 5.35. The zero-order valence-corrected chi connectivity index (χ0v) is 18.7. The summed E-state index contributed by atoms with van der Waals surface area (Å²) in [6.07, 6.45) is 0.856. The van der Waals surface area contributed by atoms with Gasteiger partial charge in [0.15, 0.2) is 16.6 Å². The number of thiazole rings is 1. The highest BCUT2D eigenvalue weighted by atomic mass is 32.1. The molecule has 0 bridgehead atoms. The Labute approximate surface area is 186 Å². The standard InChI is InChI=1S/C23H27N3O4S/c1-28-19-9-8-17(16-20(19)29-2)22(27)26(11-5-10-25-12-14-30-15-13-25)23-24-18-6-3-4-7-21(18)31-23/h3-4,6-9,16H,5,10-15H2,1-2H3. The first-order chi connectivity index (χ1) is 15.2. The molecule has 1 aliphatic rings. The number of para-hydroxylation sites is 1. The molecule has 7 nitrogen and oxygen atoms in total. The number of hydrogen-bond donors (Lipinski definition) is 0. The number of ether oxygens (including phenoxy) is 3. The van der Waals surface area contributed by atoms with Crippen molar-refractivity contribution in [3.05, 3.63) is 48.0 Å². The fourth-order valence-corrected chi connectivity index (χ4v) is 4.65. The molecule has 2 aromatic carbocycles. The minimum atomic E-state index is -0.0954. The Balaban J connectivity index is 1.58. The van der Waals surface area contributed by atoms with Gasteiger partial charge in [-0.1, -0.05) is 23.5 Å². The summed E-state index contributed by atoms with van der Waals surface area (Å²) >= 11 is 1.54. The zero-order chi connectivity index (χ0) is 21.6. The molecule has 0 radical (unpaired) electrons. The number of rotatable bonds is 8. The number of aromatic nitrogens is 1. The van der Waals surface area contributed by atoms with Crippen LogP contribution in [0.1, 0.15) is 16.8 Å². The summed E-state index contributed by atoms with van der Waals surface area (Å²) in [5.74, 6) is 1.03. The van der Waals surface area contributed by atoms with Crippen molar-refractivity contribution in [2.75, 3.05) is 58.5 Å². The van der Waals surface area contributed by atoms with Crippen LogP contribution in [0.2, 0.25) is 0 Å². The molecule has 1 saturated heterocycles. The van der Waals surface area contributed by atoms with Crippen molar-refractivity contribution >= 4 is 32.6 Å². The number of benzene rings is 2. The van der Waals surface area contributed by atoms with Gasteiger partial charge in [-0.15, -0.1) is 0 Å². The predicted molar refractivity (Wildman–Crippen MR) is 123 cm³/mol. The second-order valence-corrected chi connectivity index (χ2v) is 8.31. The van der Waals surface area contributed by atoms with Gasteiger partial charge >= 0.3 is 0 Å². The van der Waals surface area contributed by atoms with Crippen LogP contribution < -0.4 is 14.4 Å². The van der Waals surface area contributed by atoms with E-state index in [1.807, 2.05) is 24.3 Å². The maximum absolute atomic E-state index is 13.5. The first-order valence-corrected chi connectivity index (χ1v) is 11.2. The van der Waals surface area contributed by atoms with Crippen LogP contribution in [-0.2, 0) is 4.74 Å². The first-order valence-electron chi connectivity index (χ1n) is 10.4. The maximum atomic E-state index is 13.5. The van der Waals surface area contributed by atoms with Gasteiger partial charge in [0.1, 0.15) is 0 Å². The molecule has 0 unspecified atom stereocenters. The molecule has 1 amide bonds. The van der Waals surface area contributed by atoms with Gasteiger partial charge in [-0.05, 0) is 36.8 Å². The normalized spacial score (nSPS) is 14.5. The Hall–Kier alpha value is -2.68. The molecular weight excluding hydrogens is 414 g/mol. The van der Waals surface area contributed by atoms with Crippen molar-refractivity contribution < 1.29 is 19.0 Å². The number of hydrogen-bond acceptors (Lipinski definition) is 7. The third kappa shape index (κ3) is 4.98. The molecule has 1 fully saturated rings. The van der Waals surface area contributed by atoms with E-state index in [0.29, 0.717) is 28.7 Å². The molecule has 3 aromatic rings. The van der Waals surface area contributed by atoms with Crippen molar-refractivity contribution in [1.82, 2.24) is 9.88 Å². The van der Waals surface area contributed by atoms with Crippen molar-refractivity contribution in [2.24, 2.45) is 0 Å². The van der Waals surface area contributed by atoms with E-state index < -0.39 is 0 Å². The van der Waals surface area contributed by atoms with Gasteiger partial charge in [0.05, 0.1) is 37.6 Å². The van der Waals surface area contributed by atoms with Crippen molar-refractivity contribution in [3.63, 3.8) is 0 Å². The smallest absolute Gasteiger partial charge is 0.260 e. The molecule has 31 heavy (non-hydrogen) atoms. The SMILES string of the molecule is COc1ccc(C(=O)N(CCCN2CCOCC2)c2nc3ccccc3s2)cc1OC. The molecule has 0 aliphatic carbocycles. The van der Waals surface area contributed by atoms with E-state index in [2.05, 4.69) is 4.90 Å². The molecular formula is C23H27N3O4S. The summed E-state index contributed by atoms with van der Waals surface area (Å²) in [7, 11) is 3.15. The van der Waals surface area contributed by atoms with Crippen LogP contribution >= 0.6 is 11.3 Å². The molecule has 4 rings (SSSR count). The van der Waals surface area contributed by atoms with E-state index in [1.165, 1.54) is 11.3 Å². The van der Waals surface area contributed by atoms with E-state index in [9.17, 15) is 4.79 Å². The van der Waals surface area contributed by atoms with Crippen LogP contribution in [0.4, 0.5) is 5.13 Å². The van der Waals surface area contributed by atoms with Gasteiger partial charge in [-0.25, -0.2) is 4.98 Å². The van der Waals surface area contributed by atoms with Gasteiger partial charge < -0.3 is 14.2 Å². The van der Waals surface area contributed by atoms with Gasteiger partial charge in [0, 0.05) is 31.7 Å². The highest BCUT2D eigenvalue weighted by Gasteiger charge is 2.23. The molecule has 1 aliphatic heterocycles. The Morgan fingerprint density at radius 1 is 1.13 bits per heavy atom. The number of morpholine rings is 1. The maximum Gasteiger partial charge on any atom is 0.260 e. The summed E-state index contributed by atoms with van der Waals surface area (Å²) < 4.78 is 17.2. The van der Waals surface area contributed by atoms with Crippen molar-refractivity contribution in [1.29, 1.82) is 0 Å². The fraction of sp³-hybridized carbons (Fsp3) is 0.391. The Morgan fingerprint density at radius 3 is 2.65 bits per heavy atom. The second-order valence-electron chi connectivity index (χ2n) is 7.30. The molecule has 164 valence electrons. The fourth-order valence-electron chi connectivity index (χ4n) is 3.66. The minimum absolute atomic E-state index is 0.0954. The second kappa shape index (κ2) is 10.1. The Kier molecular flexibility index (Phi) is 7.01. The number of methoxy groups -OCH3 is 2. The molecule has 0 N–H and O–H groups in total. The first kappa shape index (κ1) is 21.5. The number of amides is 1. The Morgan fingerprint density at radius 2 is 1.90 bits per heavy atom. The predicted octanol–water partition coefficient (Wildman–Crippen LogP) is 3.68. The van der Waals surface area contributed by atoms with E-state index >= 15 is 0 Å². The van der Waals surface area contributed by atoms with E-state index in [-0.39, 0.29) is 5.91 Å². The van der Waals surface area contributed by atoms with E-state index in [1.54, 1.807) is 37.3 Å². The highest BCUT2D eigenvalue weighted by molar-refractivity contribution is 7.22. The highest BCUT2D eigenvalue weighted by Crippen LogP contribution is 2.32. The monoisotopic (exact) mass is 441 g/mol. The summed E-state index contributed by atoms with van der Waals surface area (Å²) in [6, 6.07) is 13.2. The summed E-state index contributed by atoms with van der Waals surface area (Å²) in [4.78, 5) is 22.4. The van der Waals surface area contributed by atoms with Crippen molar-refractivity contribution in [3.8, 4) is 11.5 Å². The third-order valence-corrected chi connectivity index (χ3v) is 6.41. The largest absolute Gasteiger partial charge is 0.493 e. The average molecular weight is 442 g/mol. The number of anilines is 1. The molecule has 2 heterocycles. The lowest BCUT2D eigenvalue weighted by Crippen LogP contribution is -2.39. The lowest BCUT2D eigenvalue weighted by Gasteiger charge is -2.27. The van der Waals surface area contributed by atoms with Crippen LogP contribution in [0.15, 0.2) is 42.5 Å². The van der Waals surface area contributed by atoms with Gasteiger partial charge in [-0.2, -0.15) is 0 Å². The average Bonchev–Trinajstić information content (AvgIpc) is 3.25. The van der Waals surface area contributed by atoms with Crippen LogP contribution in [0.5, 0.6) is 11.5 Å². The number of carbonyl (C=O) groups excluding carboxylic acids is 1. The van der Waals surface area contributed by atoms with Crippen LogP contribution in [0.3, 0.4) is 0 Å². The summed E-state index contributed by atoms with van der Waals surface area (Å²) in [6.45, 7) is 4.92. The summed E-state index contributed by atoms with van der Waals surface area (Å²) in [5, 5.41) is 0.711. The van der Waals surface area contributed by atoms with Crippen LogP contribution in [0, 0.1) is 0 Å². The molecule has 0 spiro atoms. The number of fused-ring (bicyclic) bond motifs is 1.